The third kappa shape index (κ3) is 3.72. The van der Waals surface area contributed by atoms with Gasteiger partial charge in [-0.1, -0.05) is 78.9 Å². The number of amides is 1. The van der Waals surface area contributed by atoms with Gasteiger partial charge in [-0.05, 0) is 31.0 Å². The molecular formula is C26H22N2O2. The van der Waals surface area contributed by atoms with Gasteiger partial charge in [-0.2, -0.15) is 0 Å². The number of fused-ring (bicyclic) bond motifs is 1. The molecular weight excluding hydrogens is 372 g/mol. The Kier molecular flexibility index (Phi) is 5.40. The van der Waals surface area contributed by atoms with Crippen molar-refractivity contribution in [3.8, 4) is 11.3 Å². The third-order valence-corrected chi connectivity index (χ3v) is 5.22. The fourth-order valence-electron chi connectivity index (χ4n) is 3.75. The van der Waals surface area contributed by atoms with Crippen LogP contribution in [0.3, 0.4) is 0 Å². The molecule has 0 spiro atoms. The van der Waals surface area contributed by atoms with Gasteiger partial charge in [0, 0.05) is 10.9 Å². The van der Waals surface area contributed by atoms with E-state index in [2.05, 4.69) is 5.32 Å². The SMILES string of the molecule is CC(=O)C(NC(=O)c1c(C)c(-c2ccccc2)nc2ccccc12)c1ccccc1. The standard InChI is InChI=1S/C26H22N2O2/c1-17-23(26(30)28-25(18(2)29)20-13-7-4-8-14-20)21-15-9-10-16-22(21)27-24(17)19-11-5-3-6-12-19/h3-16,25H,1-2H3,(H,28,30). The summed E-state index contributed by atoms with van der Waals surface area (Å²) in [5.74, 6) is -0.402. The van der Waals surface area contributed by atoms with Gasteiger partial charge in [0.15, 0.2) is 5.78 Å². The minimum atomic E-state index is -0.704. The number of hydrogen-bond acceptors (Lipinski definition) is 3. The van der Waals surface area contributed by atoms with E-state index in [-0.39, 0.29) is 11.7 Å². The molecule has 0 aliphatic heterocycles. The lowest BCUT2D eigenvalue weighted by atomic mass is 9.96. The van der Waals surface area contributed by atoms with Crippen molar-refractivity contribution in [2.24, 2.45) is 0 Å². The summed E-state index contributed by atoms with van der Waals surface area (Å²) in [5.41, 5.74) is 4.54. The molecule has 4 rings (SSSR count). The molecule has 0 fully saturated rings. The van der Waals surface area contributed by atoms with Crippen LogP contribution in [0.1, 0.15) is 34.5 Å². The molecule has 4 nitrogen and oxygen atoms in total. The average Bonchev–Trinajstić information content (AvgIpc) is 2.78. The van der Waals surface area contributed by atoms with Gasteiger partial charge in [0.05, 0.1) is 16.8 Å². The Hall–Kier alpha value is -3.79. The zero-order valence-electron chi connectivity index (χ0n) is 16.9. The Morgan fingerprint density at radius 2 is 1.43 bits per heavy atom. The van der Waals surface area contributed by atoms with Gasteiger partial charge in [0.1, 0.15) is 6.04 Å². The highest BCUT2D eigenvalue weighted by molar-refractivity contribution is 6.10. The average molecular weight is 394 g/mol. The van der Waals surface area contributed by atoms with Crippen molar-refractivity contribution in [2.45, 2.75) is 19.9 Å². The molecule has 4 heteroatoms. The molecule has 0 saturated heterocycles. The van der Waals surface area contributed by atoms with E-state index in [1.165, 1.54) is 6.92 Å². The summed E-state index contributed by atoms with van der Waals surface area (Å²) < 4.78 is 0. The van der Waals surface area contributed by atoms with E-state index in [9.17, 15) is 9.59 Å². The minimum absolute atomic E-state index is 0.117. The monoisotopic (exact) mass is 394 g/mol. The molecule has 0 radical (unpaired) electrons. The largest absolute Gasteiger partial charge is 0.338 e. The highest BCUT2D eigenvalue weighted by Gasteiger charge is 2.24. The van der Waals surface area contributed by atoms with Gasteiger partial charge in [0.2, 0.25) is 0 Å². The number of pyridine rings is 1. The first kappa shape index (κ1) is 19.5. The molecule has 1 aromatic heterocycles. The van der Waals surface area contributed by atoms with Gasteiger partial charge in [-0.3, -0.25) is 9.59 Å². The van der Waals surface area contributed by atoms with Crippen molar-refractivity contribution < 1.29 is 9.59 Å². The van der Waals surface area contributed by atoms with Crippen molar-refractivity contribution in [3.05, 3.63) is 102 Å². The number of carbonyl (C=O) groups excluding carboxylic acids is 2. The highest BCUT2D eigenvalue weighted by Crippen LogP contribution is 2.30. The maximum Gasteiger partial charge on any atom is 0.253 e. The summed E-state index contributed by atoms with van der Waals surface area (Å²) in [6.45, 7) is 3.40. The summed E-state index contributed by atoms with van der Waals surface area (Å²) in [5, 5.41) is 3.71. The van der Waals surface area contributed by atoms with E-state index in [0.29, 0.717) is 5.56 Å². The zero-order chi connectivity index (χ0) is 21.1. The number of rotatable bonds is 5. The molecule has 3 aromatic carbocycles. The summed E-state index contributed by atoms with van der Waals surface area (Å²) in [6, 6.07) is 26.0. The number of ketones is 1. The first-order valence-corrected chi connectivity index (χ1v) is 9.87. The second-order valence-electron chi connectivity index (χ2n) is 7.27. The van der Waals surface area contributed by atoms with Crippen LogP contribution < -0.4 is 5.32 Å². The molecule has 148 valence electrons. The Balaban J connectivity index is 1.84. The molecule has 0 bridgehead atoms. The van der Waals surface area contributed by atoms with Crippen molar-refractivity contribution in [1.29, 1.82) is 0 Å². The second-order valence-corrected chi connectivity index (χ2v) is 7.27. The van der Waals surface area contributed by atoms with E-state index < -0.39 is 6.04 Å². The second kappa shape index (κ2) is 8.29. The summed E-state index contributed by atoms with van der Waals surface area (Å²) >= 11 is 0. The number of aromatic nitrogens is 1. The quantitative estimate of drug-likeness (QED) is 0.502. The van der Waals surface area contributed by atoms with E-state index in [0.717, 1.165) is 33.3 Å². The van der Waals surface area contributed by atoms with Gasteiger partial charge >= 0.3 is 0 Å². The predicted octanol–water partition coefficient (Wildman–Crippen LogP) is 5.27. The van der Waals surface area contributed by atoms with Crippen LogP contribution in [0, 0.1) is 6.92 Å². The summed E-state index contributed by atoms with van der Waals surface area (Å²) in [6.07, 6.45) is 0. The number of hydrogen-bond donors (Lipinski definition) is 1. The van der Waals surface area contributed by atoms with E-state index in [1.807, 2.05) is 91.9 Å². The summed E-state index contributed by atoms with van der Waals surface area (Å²) in [7, 11) is 0. The summed E-state index contributed by atoms with van der Waals surface area (Å²) in [4.78, 5) is 30.6. The number of nitrogens with one attached hydrogen (secondary N) is 1. The molecule has 0 aliphatic carbocycles. The molecule has 0 aliphatic rings. The van der Waals surface area contributed by atoms with Gasteiger partial charge < -0.3 is 5.32 Å². The van der Waals surface area contributed by atoms with Crippen molar-refractivity contribution in [1.82, 2.24) is 10.3 Å². The van der Waals surface area contributed by atoms with Crippen LogP contribution in [0.25, 0.3) is 22.2 Å². The topological polar surface area (TPSA) is 59.1 Å². The highest BCUT2D eigenvalue weighted by atomic mass is 16.2. The van der Waals surface area contributed by atoms with Crippen LogP contribution >= 0.6 is 0 Å². The van der Waals surface area contributed by atoms with Crippen LogP contribution in [0.5, 0.6) is 0 Å². The maximum absolute atomic E-state index is 13.5. The van der Waals surface area contributed by atoms with Crippen LogP contribution in [-0.4, -0.2) is 16.7 Å². The van der Waals surface area contributed by atoms with Crippen molar-refractivity contribution in [3.63, 3.8) is 0 Å². The van der Waals surface area contributed by atoms with Crippen LogP contribution in [0.4, 0.5) is 0 Å². The van der Waals surface area contributed by atoms with Crippen molar-refractivity contribution >= 4 is 22.6 Å². The fourth-order valence-corrected chi connectivity index (χ4v) is 3.75. The van der Waals surface area contributed by atoms with Gasteiger partial charge in [-0.25, -0.2) is 4.98 Å². The lowest BCUT2D eigenvalue weighted by Gasteiger charge is -2.19. The minimum Gasteiger partial charge on any atom is -0.338 e. The van der Waals surface area contributed by atoms with Gasteiger partial charge in [-0.15, -0.1) is 0 Å². The van der Waals surface area contributed by atoms with E-state index in [1.54, 1.807) is 0 Å². The number of Topliss-reactive ketones (excluding diaryl/α,β-unsaturated/α-hetero) is 1. The number of carbonyl (C=O) groups is 2. The van der Waals surface area contributed by atoms with Crippen LogP contribution in [-0.2, 0) is 4.79 Å². The zero-order valence-corrected chi connectivity index (χ0v) is 16.9. The maximum atomic E-state index is 13.5. The van der Waals surface area contributed by atoms with E-state index in [4.69, 9.17) is 4.98 Å². The molecule has 1 amide bonds. The predicted molar refractivity (Wildman–Crippen MR) is 119 cm³/mol. The molecule has 4 aromatic rings. The molecule has 30 heavy (non-hydrogen) atoms. The number of nitrogens with zero attached hydrogens (tertiary/aromatic N) is 1. The Morgan fingerprint density at radius 1 is 0.833 bits per heavy atom. The number of para-hydroxylation sites is 1. The van der Waals surface area contributed by atoms with Gasteiger partial charge in [0.25, 0.3) is 5.91 Å². The number of benzene rings is 3. The lowest BCUT2D eigenvalue weighted by molar-refractivity contribution is -0.118. The first-order valence-electron chi connectivity index (χ1n) is 9.87. The third-order valence-electron chi connectivity index (χ3n) is 5.22. The lowest BCUT2D eigenvalue weighted by Crippen LogP contribution is -2.33. The fraction of sp³-hybridized carbons (Fsp3) is 0.115. The van der Waals surface area contributed by atoms with E-state index >= 15 is 0 Å². The molecule has 1 unspecified atom stereocenters. The normalized spacial score (nSPS) is 11.8. The molecule has 1 N–H and O–H groups in total. The Labute approximate surface area is 175 Å². The molecule has 1 heterocycles. The smallest absolute Gasteiger partial charge is 0.253 e. The molecule has 0 saturated carbocycles. The molecule has 1 atom stereocenters. The Bertz CT molecular complexity index is 1220. The van der Waals surface area contributed by atoms with Crippen molar-refractivity contribution in [2.75, 3.05) is 0 Å². The van der Waals surface area contributed by atoms with Crippen LogP contribution in [0.15, 0.2) is 84.9 Å². The van der Waals surface area contributed by atoms with Crippen LogP contribution in [0.2, 0.25) is 0 Å². The Morgan fingerprint density at radius 3 is 2.10 bits per heavy atom. The first-order chi connectivity index (χ1) is 14.6.